The number of hydrogen-bond acceptors (Lipinski definition) is 8. The number of hydroxylamine groups is 1. The van der Waals surface area contributed by atoms with Crippen molar-refractivity contribution in [2.45, 2.75) is 18.9 Å². The number of nitrogens with zero attached hydrogens (tertiary/aromatic N) is 3. The van der Waals surface area contributed by atoms with E-state index in [1.165, 1.54) is 30.0 Å². The Morgan fingerprint density at radius 1 is 1.42 bits per heavy atom. The summed E-state index contributed by atoms with van der Waals surface area (Å²) in [6.45, 7) is 3.34. The number of thioether (sulfide) groups is 1. The Hall–Kier alpha value is -2.02. The fourth-order valence-corrected chi connectivity index (χ4v) is 3.33. The summed E-state index contributed by atoms with van der Waals surface area (Å²) in [5, 5.41) is 17.1. The Morgan fingerprint density at radius 2 is 2.19 bits per heavy atom. The Labute approximate surface area is 154 Å². The molecule has 0 spiro atoms. The Balaban J connectivity index is 2.11. The summed E-state index contributed by atoms with van der Waals surface area (Å²) in [5.74, 6) is -0.0313. The first kappa shape index (κ1) is 20.3. The summed E-state index contributed by atoms with van der Waals surface area (Å²) in [7, 11) is -3.27. The van der Waals surface area contributed by atoms with E-state index >= 15 is 0 Å². The molecule has 0 aliphatic carbocycles. The monoisotopic (exact) mass is 403 g/mol. The SMILES string of the molecule is CCS(=O)(=O)NCCSc1nonc1C(=Nc1ccc(F)c(C)c1)NO. The number of amidine groups is 1. The van der Waals surface area contributed by atoms with Crippen LogP contribution in [0.4, 0.5) is 10.1 Å². The summed E-state index contributed by atoms with van der Waals surface area (Å²) in [6, 6.07) is 4.21. The molecule has 1 heterocycles. The van der Waals surface area contributed by atoms with E-state index in [0.29, 0.717) is 22.0 Å². The minimum Gasteiger partial charge on any atom is -0.290 e. The van der Waals surface area contributed by atoms with Crippen molar-refractivity contribution in [2.24, 2.45) is 4.99 Å². The molecular formula is C14H18FN5O4S2. The molecule has 0 saturated carbocycles. The topological polar surface area (TPSA) is 130 Å². The first-order valence-electron chi connectivity index (χ1n) is 7.54. The van der Waals surface area contributed by atoms with Gasteiger partial charge in [-0.1, -0.05) is 11.8 Å². The molecule has 0 unspecified atom stereocenters. The molecule has 0 saturated heterocycles. The maximum absolute atomic E-state index is 13.3. The van der Waals surface area contributed by atoms with Crippen molar-refractivity contribution in [1.29, 1.82) is 0 Å². The second kappa shape index (κ2) is 9.07. The van der Waals surface area contributed by atoms with E-state index in [-0.39, 0.29) is 29.6 Å². The first-order chi connectivity index (χ1) is 12.4. The van der Waals surface area contributed by atoms with Crippen LogP contribution in [0.15, 0.2) is 32.8 Å². The lowest BCUT2D eigenvalue weighted by atomic mass is 10.2. The molecule has 142 valence electrons. The molecule has 2 rings (SSSR count). The van der Waals surface area contributed by atoms with E-state index < -0.39 is 10.0 Å². The number of nitrogens with one attached hydrogen (secondary N) is 2. The molecule has 0 amide bonds. The van der Waals surface area contributed by atoms with Crippen LogP contribution in [0.5, 0.6) is 0 Å². The van der Waals surface area contributed by atoms with Gasteiger partial charge in [-0.15, -0.1) is 0 Å². The van der Waals surface area contributed by atoms with Gasteiger partial charge in [0.1, 0.15) is 5.82 Å². The maximum Gasteiger partial charge on any atom is 0.211 e. The van der Waals surface area contributed by atoms with Gasteiger partial charge in [0.25, 0.3) is 0 Å². The predicted molar refractivity (Wildman–Crippen MR) is 94.7 cm³/mol. The van der Waals surface area contributed by atoms with Crippen LogP contribution in [0.3, 0.4) is 0 Å². The van der Waals surface area contributed by atoms with Crippen molar-refractivity contribution in [3.05, 3.63) is 35.3 Å². The van der Waals surface area contributed by atoms with Crippen LogP contribution in [0, 0.1) is 12.7 Å². The van der Waals surface area contributed by atoms with Crippen molar-refractivity contribution < 1.29 is 22.6 Å². The predicted octanol–water partition coefficient (Wildman–Crippen LogP) is 1.61. The first-order valence-corrected chi connectivity index (χ1v) is 10.2. The van der Waals surface area contributed by atoms with Crippen molar-refractivity contribution in [3.63, 3.8) is 0 Å². The minimum atomic E-state index is -3.27. The second-order valence-corrected chi connectivity index (χ2v) is 8.25. The highest BCUT2D eigenvalue weighted by molar-refractivity contribution is 7.99. The summed E-state index contributed by atoms with van der Waals surface area (Å²) < 4.78 is 43.2. The fourth-order valence-electron chi connectivity index (χ4n) is 1.83. The number of hydrogen-bond donors (Lipinski definition) is 3. The third kappa shape index (κ3) is 5.49. The van der Waals surface area contributed by atoms with Gasteiger partial charge < -0.3 is 0 Å². The maximum atomic E-state index is 13.3. The number of sulfonamides is 1. The van der Waals surface area contributed by atoms with Gasteiger partial charge in [0, 0.05) is 12.3 Å². The molecule has 0 aliphatic rings. The van der Waals surface area contributed by atoms with E-state index in [9.17, 15) is 18.0 Å². The normalized spacial score (nSPS) is 12.4. The smallest absolute Gasteiger partial charge is 0.211 e. The van der Waals surface area contributed by atoms with Gasteiger partial charge in [0.05, 0.1) is 11.4 Å². The zero-order chi connectivity index (χ0) is 19.2. The molecule has 1 aromatic heterocycles. The summed E-state index contributed by atoms with van der Waals surface area (Å²) in [6.07, 6.45) is 0. The van der Waals surface area contributed by atoms with Crippen LogP contribution in [0.1, 0.15) is 18.2 Å². The van der Waals surface area contributed by atoms with E-state index in [1.807, 2.05) is 5.48 Å². The highest BCUT2D eigenvalue weighted by Crippen LogP contribution is 2.22. The molecular weight excluding hydrogens is 385 g/mol. The van der Waals surface area contributed by atoms with E-state index in [2.05, 4.69) is 24.7 Å². The average Bonchev–Trinajstić information content (AvgIpc) is 3.08. The number of aromatic nitrogens is 2. The minimum absolute atomic E-state index is 0.00322. The van der Waals surface area contributed by atoms with E-state index in [4.69, 9.17) is 0 Å². The zero-order valence-electron chi connectivity index (χ0n) is 14.1. The molecule has 1 aromatic carbocycles. The molecule has 0 fully saturated rings. The standard InChI is InChI=1S/C14H18FN5O4S2/c1-3-26(22,23)16-6-7-25-14-12(19-24-20-14)13(18-21)17-10-4-5-11(15)9(2)8-10/h4-5,8,16,21H,3,6-7H2,1-2H3,(H,17,18). The number of rotatable bonds is 8. The van der Waals surface area contributed by atoms with Crippen LogP contribution in [-0.4, -0.2) is 47.8 Å². The van der Waals surface area contributed by atoms with Gasteiger partial charge in [0.15, 0.2) is 16.6 Å². The highest BCUT2D eigenvalue weighted by atomic mass is 32.2. The number of aryl methyl sites for hydroxylation is 1. The molecule has 0 atom stereocenters. The van der Waals surface area contributed by atoms with Gasteiger partial charge in [-0.3, -0.25) is 10.7 Å². The fraction of sp³-hybridized carbons (Fsp3) is 0.357. The van der Waals surface area contributed by atoms with Gasteiger partial charge in [-0.25, -0.2) is 27.2 Å². The molecule has 2 aromatic rings. The molecule has 0 bridgehead atoms. The Morgan fingerprint density at radius 3 is 2.85 bits per heavy atom. The van der Waals surface area contributed by atoms with Crippen molar-refractivity contribution in [3.8, 4) is 0 Å². The van der Waals surface area contributed by atoms with E-state index in [0.717, 1.165) is 0 Å². The molecule has 0 radical (unpaired) electrons. The Kier molecular flexibility index (Phi) is 7.08. The van der Waals surface area contributed by atoms with Crippen LogP contribution >= 0.6 is 11.8 Å². The van der Waals surface area contributed by atoms with Crippen LogP contribution in [0.25, 0.3) is 0 Å². The van der Waals surface area contributed by atoms with Gasteiger partial charge in [-0.05, 0) is 47.9 Å². The number of halogens is 1. The number of aliphatic imine (C=N–C) groups is 1. The average molecular weight is 403 g/mol. The largest absolute Gasteiger partial charge is 0.290 e. The van der Waals surface area contributed by atoms with Crippen LogP contribution < -0.4 is 10.2 Å². The quantitative estimate of drug-likeness (QED) is 0.199. The highest BCUT2D eigenvalue weighted by Gasteiger charge is 2.17. The van der Waals surface area contributed by atoms with Gasteiger partial charge in [-0.2, -0.15) is 0 Å². The second-order valence-electron chi connectivity index (χ2n) is 5.07. The van der Waals surface area contributed by atoms with Crippen LogP contribution in [0.2, 0.25) is 0 Å². The molecule has 0 aliphatic heterocycles. The lowest BCUT2D eigenvalue weighted by Gasteiger charge is -2.05. The lowest BCUT2D eigenvalue weighted by molar-refractivity contribution is 0.234. The van der Waals surface area contributed by atoms with Crippen molar-refractivity contribution >= 4 is 33.3 Å². The zero-order valence-corrected chi connectivity index (χ0v) is 15.7. The molecule has 3 N–H and O–H groups in total. The van der Waals surface area contributed by atoms with Crippen molar-refractivity contribution in [2.75, 3.05) is 18.1 Å². The molecule has 26 heavy (non-hydrogen) atoms. The van der Waals surface area contributed by atoms with E-state index in [1.54, 1.807) is 13.8 Å². The van der Waals surface area contributed by atoms with Crippen molar-refractivity contribution in [1.82, 2.24) is 20.5 Å². The summed E-state index contributed by atoms with van der Waals surface area (Å²) >= 11 is 1.18. The third-order valence-corrected chi connectivity index (χ3v) is 5.57. The van der Waals surface area contributed by atoms with Gasteiger partial charge >= 0.3 is 0 Å². The third-order valence-electron chi connectivity index (χ3n) is 3.21. The molecule has 12 heteroatoms. The van der Waals surface area contributed by atoms with Gasteiger partial charge in [0.2, 0.25) is 10.0 Å². The molecule has 9 nitrogen and oxygen atoms in total. The van der Waals surface area contributed by atoms with Crippen LogP contribution in [-0.2, 0) is 10.0 Å². The summed E-state index contributed by atoms with van der Waals surface area (Å²) in [5.41, 5.74) is 2.87. The Bertz CT molecular complexity index is 885. The summed E-state index contributed by atoms with van der Waals surface area (Å²) in [4.78, 5) is 4.16. The lowest BCUT2D eigenvalue weighted by Crippen LogP contribution is -2.27. The number of benzene rings is 1.